The van der Waals surface area contributed by atoms with E-state index in [9.17, 15) is 13.2 Å². The van der Waals surface area contributed by atoms with E-state index in [1.165, 1.54) is 45.4 Å². The van der Waals surface area contributed by atoms with E-state index in [1.54, 1.807) is 6.92 Å². The first-order valence-corrected chi connectivity index (χ1v) is 8.73. The van der Waals surface area contributed by atoms with Gasteiger partial charge in [-0.15, -0.1) is 0 Å². The van der Waals surface area contributed by atoms with E-state index >= 15 is 0 Å². The highest BCUT2D eigenvalue weighted by atomic mass is 32.2. The Morgan fingerprint density at radius 1 is 1.24 bits per heavy atom. The number of hydrogen-bond acceptors (Lipinski definition) is 7. The molecule has 0 aliphatic heterocycles. The summed E-state index contributed by atoms with van der Waals surface area (Å²) in [6.07, 6.45) is 0. The SMILES string of the molecule is COc1ccc(S(=O)(=O)N[C@H](C)C(=O)Nc2cc(C)on2)c(OC)c1. The predicted molar refractivity (Wildman–Crippen MR) is 89.2 cm³/mol. The lowest BCUT2D eigenvalue weighted by atomic mass is 10.3. The van der Waals surface area contributed by atoms with Crippen molar-refractivity contribution in [2.24, 2.45) is 0 Å². The maximum atomic E-state index is 12.5. The smallest absolute Gasteiger partial charge is 0.244 e. The molecule has 1 aromatic carbocycles. The number of nitrogens with one attached hydrogen (secondary N) is 2. The molecule has 0 saturated carbocycles. The summed E-state index contributed by atoms with van der Waals surface area (Å²) < 4.78 is 42.3. The standard InChI is InChI=1S/C15H19N3O6S/c1-9-7-14(17-24-9)16-15(19)10(2)18-25(20,21)13-6-5-11(22-3)8-12(13)23-4/h5-8,10,18H,1-4H3,(H,16,17,19)/t10-/m1/s1. The van der Waals surface area contributed by atoms with E-state index in [0.717, 1.165) is 0 Å². The highest BCUT2D eigenvalue weighted by Crippen LogP contribution is 2.28. The summed E-state index contributed by atoms with van der Waals surface area (Å²) in [5.74, 6) is 0.695. The molecular formula is C15H19N3O6S. The molecule has 2 rings (SSSR count). The Kier molecular flexibility index (Phi) is 5.65. The van der Waals surface area contributed by atoms with Crippen LogP contribution in [0.1, 0.15) is 12.7 Å². The molecule has 0 fully saturated rings. The van der Waals surface area contributed by atoms with E-state index in [-0.39, 0.29) is 16.5 Å². The maximum absolute atomic E-state index is 12.5. The molecule has 2 N–H and O–H groups in total. The van der Waals surface area contributed by atoms with Gasteiger partial charge >= 0.3 is 0 Å². The number of sulfonamides is 1. The number of anilines is 1. The van der Waals surface area contributed by atoms with Crippen LogP contribution in [-0.2, 0) is 14.8 Å². The van der Waals surface area contributed by atoms with Crippen molar-refractivity contribution in [3.63, 3.8) is 0 Å². The van der Waals surface area contributed by atoms with Crippen LogP contribution in [0.4, 0.5) is 5.82 Å². The largest absolute Gasteiger partial charge is 0.497 e. The first kappa shape index (κ1) is 18.7. The third kappa shape index (κ3) is 4.48. The highest BCUT2D eigenvalue weighted by Gasteiger charge is 2.25. The van der Waals surface area contributed by atoms with Crippen molar-refractivity contribution in [3.05, 3.63) is 30.0 Å². The van der Waals surface area contributed by atoms with Crippen molar-refractivity contribution < 1.29 is 27.2 Å². The van der Waals surface area contributed by atoms with Crippen molar-refractivity contribution in [2.75, 3.05) is 19.5 Å². The van der Waals surface area contributed by atoms with Crippen molar-refractivity contribution >= 4 is 21.7 Å². The van der Waals surface area contributed by atoms with Gasteiger partial charge in [-0.3, -0.25) is 4.79 Å². The Hall–Kier alpha value is -2.59. The lowest BCUT2D eigenvalue weighted by Gasteiger charge is -2.15. The monoisotopic (exact) mass is 369 g/mol. The minimum atomic E-state index is -3.99. The molecule has 0 bridgehead atoms. The summed E-state index contributed by atoms with van der Waals surface area (Å²) in [5, 5.41) is 6.08. The fourth-order valence-electron chi connectivity index (χ4n) is 2.01. The number of carbonyl (C=O) groups excluding carboxylic acids is 1. The van der Waals surface area contributed by atoms with Crippen LogP contribution in [0.25, 0.3) is 0 Å². The average Bonchev–Trinajstić information content (AvgIpc) is 2.98. The number of benzene rings is 1. The Morgan fingerprint density at radius 2 is 1.96 bits per heavy atom. The van der Waals surface area contributed by atoms with Gasteiger partial charge in [0.25, 0.3) is 0 Å². The quantitative estimate of drug-likeness (QED) is 0.755. The highest BCUT2D eigenvalue weighted by molar-refractivity contribution is 7.89. The maximum Gasteiger partial charge on any atom is 0.244 e. The number of ether oxygens (including phenoxy) is 2. The third-order valence-corrected chi connectivity index (χ3v) is 4.84. The van der Waals surface area contributed by atoms with Crippen LogP contribution in [0, 0.1) is 6.92 Å². The van der Waals surface area contributed by atoms with Crippen molar-refractivity contribution in [1.29, 1.82) is 0 Å². The zero-order valence-corrected chi connectivity index (χ0v) is 15.0. The van der Waals surface area contributed by atoms with Gasteiger partial charge in [-0.25, -0.2) is 8.42 Å². The van der Waals surface area contributed by atoms with Crippen LogP contribution >= 0.6 is 0 Å². The number of rotatable bonds is 7. The van der Waals surface area contributed by atoms with Gasteiger partial charge in [0.15, 0.2) is 5.82 Å². The first-order valence-electron chi connectivity index (χ1n) is 7.25. The second-order valence-electron chi connectivity index (χ2n) is 5.17. The van der Waals surface area contributed by atoms with Crippen LogP contribution < -0.4 is 19.5 Å². The van der Waals surface area contributed by atoms with Crippen LogP contribution in [0.5, 0.6) is 11.5 Å². The molecule has 0 unspecified atom stereocenters. The zero-order valence-electron chi connectivity index (χ0n) is 14.2. The number of carbonyl (C=O) groups is 1. The Labute approximate surface area is 145 Å². The fourth-order valence-corrected chi connectivity index (χ4v) is 3.36. The van der Waals surface area contributed by atoms with Gasteiger partial charge in [0, 0.05) is 12.1 Å². The lowest BCUT2D eigenvalue weighted by Crippen LogP contribution is -2.41. The third-order valence-electron chi connectivity index (χ3n) is 3.26. The molecular weight excluding hydrogens is 350 g/mol. The molecule has 1 amide bonds. The van der Waals surface area contributed by atoms with Gasteiger partial charge < -0.3 is 19.3 Å². The topological polar surface area (TPSA) is 120 Å². The molecule has 0 aliphatic rings. The van der Waals surface area contributed by atoms with Crippen LogP contribution in [0.15, 0.2) is 33.7 Å². The normalized spacial score (nSPS) is 12.5. The second kappa shape index (κ2) is 7.53. The fraction of sp³-hybridized carbons (Fsp3) is 0.333. The van der Waals surface area contributed by atoms with Crippen molar-refractivity contribution in [2.45, 2.75) is 24.8 Å². The summed E-state index contributed by atoms with van der Waals surface area (Å²) in [6.45, 7) is 3.08. The molecule has 1 heterocycles. The number of aromatic nitrogens is 1. The Morgan fingerprint density at radius 3 is 2.52 bits per heavy atom. The van der Waals surface area contributed by atoms with E-state index < -0.39 is 22.0 Å². The van der Waals surface area contributed by atoms with E-state index in [1.807, 2.05) is 0 Å². The number of aryl methyl sites for hydroxylation is 1. The number of hydrogen-bond donors (Lipinski definition) is 2. The molecule has 10 heteroatoms. The number of amides is 1. The van der Waals surface area contributed by atoms with Crippen molar-refractivity contribution in [1.82, 2.24) is 9.88 Å². The van der Waals surface area contributed by atoms with Gasteiger partial charge in [-0.05, 0) is 26.0 Å². The minimum Gasteiger partial charge on any atom is -0.497 e. The molecule has 0 aliphatic carbocycles. The predicted octanol–water partition coefficient (Wildman–Crippen LogP) is 1.31. The summed E-state index contributed by atoms with van der Waals surface area (Å²) >= 11 is 0. The van der Waals surface area contributed by atoms with Gasteiger partial charge in [0.1, 0.15) is 22.2 Å². The van der Waals surface area contributed by atoms with Crippen molar-refractivity contribution in [3.8, 4) is 11.5 Å². The summed E-state index contributed by atoms with van der Waals surface area (Å²) in [7, 11) is -1.19. The molecule has 0 radical (unpaired) electrons. The lowest BCUT2D eigenvalue weighted by molar-refractivity contribution is -0.117. The molecule has 9 nitrogen and oxygen atoms in total. The van der Waals surface area contributed by atoms with Gasteiger partial charge in [0.2, 0.25) is 15.9 Å². The van der Waals surface area contributed by atoms with E-state index in [4.69, 9.17) is 14.0 Å². The summed E-state index contributed by atoms with van der Waals surface area (Å²) in [5.41, 5.74) is 0. The second-order valence-corrected chi connectivity index (χ2v) is 6.85. The molecule has 0 saturated heterocycles. The molecule has 25 heavy (non-hydrogen) atoms. The van der Waals surface area contributed by atoms with E-state index in [2.05, 4.69) is 15.2 Å². The molecule has 1 aromatic heterocycles. The van der Waals surface area contributed by atoms with Crippen LogP contribution in [0.3, 0.4) is 0 Å². The number of nitrogens with zero attached hydrogens (tertiary/aromatic N) is 1. The van der Waals surface area contributed by atoms with Gasteiger partial charge in [-0.1, -0.05) is 5.16 Å². The van der Waals surface area contributed by atoms with E-state index in [0.29, 0.717) is 11.5 Å². The molecule has 136 valence electrons. The van der Waals surface area contributed by atoms with Gasteiger partial charge in [0.05, 0.1) is 20.3 Å². The Balaban J connectivity index is 2.15. The minimum absolute atomic E-state index is 0.103. The molecule has 1 atom stereocenters. The zero-order chi connectivity index (χ0) is 18.6. The van der Waals surface area contributed by atoms with Gasteiger partial charge in [-0.2, -0.15) is 4.72 Å². The Bertz CT molecular complexity index is 862. The summed E-state index contributed by atoms with van der Waals surface area (Å²) in [6, 6.07) is 4.74. The molecule has 0 spiro atoms. The average molecular weight is 369 g/mol. The molecule has 2 aromatic rings. The number of methoxy groups -OCH3 is 2. The first-order chi connectivity index (χ1) is 11.8. The summed E-state index contributed by atoms with van der Waals surface area (Å²) in [4.78, 5) is 12.0. The van der Waals surface area contributed by atoms with Crippen LogP contribution in [0.2, 0.25) is 0 Å². The van der Waals surface area contributed by atoms with Crippen LogP contribution in [-0.4, -0.2) is 39.7 Å².